The molecule has 0 radical (unpaired) electrons. The Labute approximate surface area is 109 Å². The van der Waals surface area contributed by atoms with E-state index in [0.29, 0.717) is 12.7 Å². The van der Waals surface area contributed by atoms with Crippen LogP contribution in [-0.2, 0) is 4.74 Å². The number of aromatic nitrogens is 1. The summed E-state index contributed by atoms with van der Waals surface area (Å²) in [6, 6.07) is 3.83. The zero-order chi connectivity index (χ0) is 12.6. The standard InChI is InChI=1S/C14H22N2O2/c1-2-17-13-7-5-9-15-14(13)16-10-8-12-6-3-4-11-18-12/h5,7,9,12H,2-4,6,8,10-11H2,1H3,(H,15,16). The number of nitrogens with zero attached hydrogens (tertiary/aromatic N) is 1. The van der Waals surface area contributed by atoms with Gasteiger partial charge >= 0.3 is 0 Å². The zero-order valence-corrected chi connectivity index (χ0v) is 11.0. The maximum Gasteiger partial charge on any atom is 0.168 e. The third-order valence-corrected chi connectivity index (χ3v) is 3.10. The molecule has 1 aliphatic rings. The van der Waals surface area contributed by atoms with Crippen LogP contribution in [0.25, 0.3) is 0 Å². The second-order valence-corrected chi connectivity index (χ2v) is 4.49. The average molecular weight is 250 g/mol. The molecule has 0 spiro atoms. The van der Waals surface area contributed by atoms with Crippen molar-refractivity contribution in [3.05, 3.63) is 18.3 Å². The summed E-state index contributed by atoms with van der Waals surface area (Å²) in [6.45, 7) is 4.43. The second-order valence-electron chi connectivity index (χ2n) is 4.49. The smallest absolute Gasteiger partial charge is 0.168 e. The average Bonchev–Trinajstić information content (AvgIpc) is 2.42. The van der Waals surface area contributed by atoms with E-state index in [2.05, 4.69) is 10.3 Å². The Bertz CT molecular complexity index is 351. The molecule has 1 N–H and O–H groups in total. The Balaban J connectivity index is 1.78. The van der Waals surface area contributed by atoms with E-state index in [1.54, 1.807) is 6.20 Å². The van der Waals surface area contributed by atoms with Crippen molar-refractivity contribution >= 4 is 5.82 Å². The topological polar surface area (TPSA) is 43.4 Å². The van der Waals surface area contributed by atoms with Gasteiger partial charge < -0.3 is 14.8 Å². The molecule has 1 unspecified atom stereocenters. The molecule has 1 aliphatic heterocycles. The molecule has 1 aromatic rings. The van der Waals surface area contributed by atoms with Crippen LogP contribution in [-0.4, -0.2) is 30.8 Å². The van der Waals surface area contributed by atoms with E-state index in [-0.39, 0.29) is 0 Å². The van der Waals surface area contributed by atoms with Crippen molar-refractivity contribution in [1.29, 1.82) is 0 Å². The fourth-order valence-electron chi connectivity index (χ4n) is 2.18. The van der Waals surface area contributed by atoms with Gasteiger partial charge in [-0.3, -0.25) is 0 Å². The van der Waals surface area contributed by atoms with Gasteiger partial charge in [0.25, 0.3) is 0 Å². The largest absolute Gasteiger partial charge is 0.490 e. The van der Waals surface area contributed by atoms with Crippen LogP contribution in [0.5, 0.6) is 5.75 Å². The summed E-state index contributed by atoms with van der Waals surface area (Å²) < 4.78 is 11.2. The normalized spacial score (nSPS) is 19.5. The summed E-state index contributed by atoms with van der Waals surface area (Å²) in [5.74, 6) is 1.65. The van der Waals surface area contributed by atoms with E-state index in [4.69, 9.17) is 9.47 Å². The van der Waals surface area contributed by atoms with Crippen LogP contribution in [0.15, 0.2) is 18.3 Å². The lowest BCUT2D eigenvalue weighted by atomic mass is 10.1. The van der Waals surface area contributed by atoms with Gasteiger partial charge in [0.1, 0.15) is 0 Å². The quantitative estimate of drug-likeness (QED) is 0.843. The molecule has 0 bridgehead atoms. The molecular formula is C14H22N2O2. The van der Waals surface area contributed by atoms with Gasteiger partial charge in [-0.2, -0.15) is 0 Å². The minimum absolute atomic E-state index is 0.408. The van der Waals surface area contributed by atoms with E-state index < -0.39 is 0 Å². The van der Waals surface area contributed by atoms with Crippen molar-refractivity contribution in [2.45, 2.75) is 38.7 Å². The predicted octanol–water partition coefficient (Wildman–Crippen LogP) is 2.85. The molecule has 0 aromatic carbocycles. The monoisotopic (exact) mass is 250 g/mol. The minimum Gasteiger partial charge on any atom is -0.490 e. The van der Waals surface area contributed by atoms with Gasteiger partial charge in [-0.1, -0.05) is 0 Å². The van der Waals surface area contributed by atoms with Gasteiger partial charge in [0.2, 0.25) is 0 Å². The van der Waals surface area contributed by atoms with Crippen molar-refractivity contribution in [2.75, 3.05) is 25.1 Å². The third-order valence-electron chi connectivity index (χ3n) is 3.10. The molecule has 2 heterocycles. The van der Waals surface area contributed by atoms with Gasteiger partial charge in [-0.15, -0.1) is 0 Å². The van der Waals surface area contributed by atoms with E-state index in [1.165, 1.54) is 19.3 Å². The first kappa shape index (κ1) is 13.1. The molecule has 18 heavy (non-hydrogen) atoms. The highest BCUT2D eigenvalue weighted by atomic mass is 16.5. The highest BCUT2D eigenvalue weighted by molar-refractivity contribution is 5.49. The molecule has 1 fully saturated rings. The van der Waals surface area contributed by atoms with Crippen LogP contribution in [0.4, 0.5) is 5.82 Å². The molecule has 1 aromatic heterocycles. The van der Waals surface area contributed by atoms with Gasteiger partial charge in [0, 0.05) is 19.3 Å². The summed E-state index contributed by atoms with van der Waals surface area (Å²) in [4.78, 5) is 4.30. The minimum atomic E-state index is 0.408. The van der Waals surface area contributed by atoms with E-state index in [9.17, 15) is 0 Å². The second kappa shape index (κ2) is 7.21. The zero-order valence-electron chi connectivity index (χ0n) is 11.0. The molecule has 4 heteroatoms. The van der Waals surface area contributed by atoms with Crippen molar-refractivity contribution in [1.82, 2.24) is 4.98 Å². The molecule has 0 amide bonds. The summed E-state index contributed by atoms with van der Waals surface area (Å²) in [6.07, 6.45) is 6.90. The molecular weight excluding hydrogens is 228 g/mol. The van der Waals surface area contributed by atoms with E-state index in [0.717, 1.165) is 31.1 Å². The molecule has 1 saturated heterocycles. The maximum absolute atomic E-state index is 5.70. The summed E-state index contributed by atoms with van der Waals surface area (Å²) in [5.41, 5.74) is 0. The highest BCUT2D eigenvalue weighted by Crippen LogP contribution is 2.21. The molecule has 0 saturated carbocycles. The molecule has 100 valence electrons. The summed E-state index contributed by atoms with van der Waals surface area (Å²) >= 11 is 0. The highest BCUT2D eigenvalue weighted by Gasteiger charge is 2.13. The predicted molar refractivity (Wildman–Crippen MR) is 72.1 cm³/mol. The van der Waals surface area contributed by atoms with Crippen molar-refractivity contribution < 1.29 is 9.47 Å². The Hall–Kier alpha value is -1.29. The lowest BCUT2D eigenvalue weighted by Crippen LogP contribution is -2.22. The van der Waals surface area contributed by atoms with Crippen LogP contribution < -0.4 is 10.1 Å². The van der Waals surface area contributed by atoms with Crippen LogP contribution >= 0.6 is 0 Å². The fourth-order valence-corrected chi connectivity index (χ4v) is 2.18. The molecule has 0 aliphatic carbocycles. The first-order valence-electron chi connectivity index (χ1n) is 6.83. The Kier molecular flexibility index (Phi) is 5.27. The number of hydrogen-bond acceptors (Lipinski definition) is 4. The lowest BCUT2D eigenvalue weighted by Gasteiger charge is -2.22. The molecule has 1 atom stereocenters. The van der Waals surface area contributed by atoms with Crippen LogP contribution in [0.2, 0.25) is 0 Å². The van der Waals surface area contributed by atoms with E-state index in [1.807, 2.05) is 19.1 Å². The van der Waals surface area contributed by atoms with Crippen molar-refractivity contribution in [2.24, 2.45) is 0 Å². The number of anilines is 1. The first-order valence-corrected chi connectivity index (χ1v) is 6.83. The maximum atomic E-state index is 5.70. The fraction of sp³-hybridized carbons (Fsp3) is 0.643. The van der Waals surface area contributed by atoms with Crippen molar-refractivity contribution in [3.63, 3.8) is 0 Å². The van der Waals surface area contributed by atoms with Gasteiger partial charge in [0.15, 0.2) is 11.6 Å². The van der Waals surface area contributed by atoms with Crippen LogP contribution in [0, 0.1) is 0 Å². The van der Waals surface area contributed by atoms with Gasteiger partial charge in [0.05, 0.1) is 12.7 Å². The summed E-state index contributed by atoms with van der Waals surface area (Å²) in [7, 11) is 0. The first-order chi connectivity index (χ1) is 8.90. The Morgan fingerprint density at radius 1 is 1.50 bits per heavy atom. The molecule has 4 nitrogen and oxygen atoms in total. The SMILES string of the molecule is CCOc1cccnc1NCCC1CCCCO1. The number of ether oxygens (including phenoxy) is 2. The lowest BCUT2D eigenvalue weighted by molar-refractivity contribution is 0.0134. The number of hydrogen-bond donors (Lipinski definition) is 1. The Morgan fingerprint density at radius 2 is 2.44 bits per heavy atom. The van der Waals surface area contributed by atoms with Crippen molar-refractivity contribution in [3.8, 4) is 5.75 Å². The number of nitrogens with one attached hydrogen (secondary N) is 1. The van der Waals surface area contributed by atoms with Crippen LogP contribution in [0.3, 0.4) is 0 Å². The molecule has 2 rings (SSSR count). The van der Waals surface area contributed by atoms with E-state index >= 15 is 0 Å². The number of rotatable bonds is 6. The van der Waals surface area contributed by atoms with Crippen LogP contribution in [0.1, 0.15) is 32.6 Å². The number of pyridine rings is 1. The van der Waals surface area contributed by atoms with Gasteiger partial charge in [-0.25, -0.2) is 4.98 Å². The summed E-state index contributed by atoms with van der Waals surface area (Å²) in [5, 5.41) is 3.33. The Morgan fingerprint density at radius 3 is 3.22 bits per heavy atom. The third kappa shape index (κ3) is 3.88. The van der Waals surface area contributed by atoms with Gasteiger partial charge in [-0.05, 0) is 44.7 Å².